The fraction of sp³-hybridized carbons (Fsp3) is 0.250. The molecule has 4 nitrogen and oxygen atoms in total. The molecule has 0 amide bonds. The summed E-state index contributed by atoms with van der Waals surface area (Å²) in [6.07, 6.45) is 2.36. The summed E-state index contributed by atoms with van der Waals surface area (Å²) in [5, 5.41) is 9.74. The van der Waals surface area contributed by atoms with E-state index in [4.69, 9.17) is 5.11 Å². The normalized spacial score (nSPS) is 15.1. The monoisotopic (exact) mass is 247 g/mol. The van der Waals surface area contributed by atoms with Gasteiger partial charge in [0.1, 0.15) is 0 Å². The van der Waals surface area contributed by atoms with Crippen LogP contribution in [0.4, 0.5) is 0 Å². The molecule has 2 aromatic rings. The van der Waals surface area contributed by atoms with Crippen molar-refractivity contribution in [2.75, 3.05) is 0 Å². The van der Waals surface area contributed by atoms with Gasteiger partial charge in [0.15, 0.2) is 0 Å². The summed E-state index contributed by atoms with van der Waals surface area (Å²) in [4.78, 5) is 26.4. The van der Waals surface area contributed by atoms with Crippen LogP contribution < -0.4 is 0 Å². The zero-order chi connectivity index (χ0) is 12.0. The van der Waals surface area contributed by atoms with Gasteiger partial charge >= 0.3 is 5.97 Å². The van der Waals surface area contributed by atoms with Gasteiger partial charge in [0.2, 0.25) is 0 Å². The molecule has 0 aliphatic heterocycles. The minimum absolute atomic E-state index is 0.192. The van der Waals surface area contributed by atoms with Crippen LogP contribution in [0.5, 0.6) is 0 Å². The fourth-order valence-electron chi connectivity index (χ4n) is 1.71. The van der Waals surface area contributed by atoms with Crippen LogP contribution in [0.1, 0.15) is 34.1 Å². The predicted molar refractivity (Wildman–Crippen MR) is 63.6 cm³/mol. The number of hydrogen-bond donors (Lipinski definition) is 1. The molecule has 0 saturated heterocycles. The number of thiazole rings is 1. The highest BCUT2D eigenvalue weighted by molar-refractivity contribution is 7.18. The molecule has 5 heteroatoms. The Morgan fingerprint density at radius 2 is 2.12 bits per heavy atom. The number of nitrogens with zero attached hydrogens (tertiary/aromatic N) is 1. The minimum atomic E-state index is -1.43. The summed E-state index contributed by atoms with van der Waals surface area (Å²) in [7, 11) is 0. The van der Waals surface area contributed by atoms with Crippen molar-refractivity contribution < 1.29 is 14.7 Å². The second kappa shape index (κ2) is 3.63. The van der Waals surface area contributed by atoms with Gasteiger partial charge in [-0.25, -0.2) is 9.78 Å². The van der Waals surface area contributed by atoms with Gasteiger partial charge < -0.3 is 5.11 Å². The van der Waals surface area contributed by atoms with Gasteiger partial charge in [0.25, 0.3) is 5.78 Å². The van der Waals surface area contributed by atoms with Gasteiger partial charge in [-0.1, -0.05) is 0 Å². The molecule has 1 N–H and O–H groups in total. The van der Waals surface area contributed by atoms with Gasteiger partial charge in [-0.3, -0.25) is 4.79 Å². The molecule has 1 aromatic carbocycles. The maximum atomic E-state index is 11.3. The highest BCUT2D eigenvalue weighted by Gasteiger charge is 2.27. The maximum Gasteiger partial charge on any atom is 0.377 e. The minimum Gasteiger partial charge on any atom is -0.475 e. The molecule has 0 unspecified atom stereocenters. The first-order valence-electron chi connectivity index (χ1n) is 5.33. The van der Waals surface area contributed by atoms with Gasteiger partial charge in [-0.05, 0) is 31.0 Å². The highest BCUT2D eigenvalue weighted by Crippen LogP contribution is 2.43. The Kier molecular flexibility index (Phi) is 2.22. The summed E-state index contributed by atoms with van der Waals surface area (Å²) >= 11 is 1.63. The van der Waals surface area contributed by atoms with E-state index in [0.717, 1.165) is 15.2 Å². The Morgan fingerprint density at radius 1 is 1.35 bits per heavy atom. The molecule has 0 atom stereocenters. The van der Waals surface area contributed by atoms with Crippen LogP contribution in [0, 0.1) is 0 Å². The van der Waals surface area contributed by atoms with Crippen LogP contribution in [0.25, 0.3) is 10.2 Å². The van der Waals surface area contributed by atoms with Crippen LogP contribution >= 0.6 is 11.3 Å². The van der Waals surface area contributed by atoms with Crippen molar-refractivity contribution in [3.8, 4) is 0 Å². The van der Waals surface area contributed by atoms with Gasteiger partial charge in [-0.2, -0.15) is 0 Å². The number of carbonyl (C=O) groups is 2. The molecule has 86 valence electrons. The average molecular weight is 247 g/mol. The summed E-state index contributed by atoms with van der Waals surface area (Å²) in [6, 6.07) is 4.89. The maximum absolute atomic E-state index is 11.3. The van der Waals surface area contributed by atoms with Crippen molar-refractivity contribution >= 4 is 33.3 Å². The molecule has 1 saturated carbocycles. The Balaban J connectivity index is 2.05. The number of carbonyl (C=O) groups excluding carboxylic acids is 1. The molecule has 1 heterocycles. The third-order valence-corrected chi connectivity index (χ3v) is 3.99. The molecule has 1 fully saturated rings. The summed E-state index contributed by atoms with van der Waals surface area (Å²) in [5.41, 5.74) is 0.918. The molecule has 1 aromatic heterocycles. The number of aromatic nitrogens is 1. The molecule has 17 heavy (non-hydrogen) atoms. The van der Waals surface area contributed by atoms with Gasteiger partial charge in [-0.15, -0.1) is 11.3 Å². The van der Waals surface area contributed by atoms with Crippen molar-refractivity contribution in [3.05, 3.63) is 28.8 Å². The highest BCUT2D eigenvalue weighted by atomic mass is 32.1. The summed E-state index contributed by atoms with van der Waals surface area (Å²) < 4.78 is 1.01. The van der Waals surface area contributed by atoms with E-state index >= 15 is 0 Å². The number of hydrogen-bond acceptors (Lipinski definition) is 4. The lowest BCUT2D eigenvalue weighted by Gasteiger charge is -1.94. The molecule has 0 bridgehead atoms. The SMILES string of the molecule is O=C(O)C(=O)c1ccc2sc(C3CC3)nc2c1. The first-order valence-corrected chi connectivity index (χ1v) is 6.15. The van der Waals surface area contributed by atoms with E-state index in [9.17, 15) is 9.59 Å². The fourth-order valence-corrected chi connectivity index (χ4v) is 2.83. The number of ketones is 1. The second-order valence-corrected chi connectivity index (χ2v) is 5.21. The summed E-state index contributed by atoms with van der Waals surface area (Å²) in [5.74, 6) is -1.74. The molecule has 0 radical (unpaired) electrons. The molecule has 1 aliphatic rings. The van der Waals surface area contributed by atoms with Crippen LogP contribution in [0.3, 0.4) is 0 Å². The van der Waals surface area contributed by atoms with E-state index in [1.165, 1.54) is 12.8 Å². The first kappa shape index (κ1) is 10.4. The third-order valence-electron chi connectivity index (χ3n) is 2.79. The Bertz CT molecular complexity index is 628. The molecular formula is C12H9NO3S. The smallest absolute Gasteiger partial charge is 0.377 e. The van der Waals surface area contributed by atoms with E-state index in [-0.39, 0.29) is 5.56 Å². The Morgan fingerprint density at radius 3 is 2.76 bits per heavy atom. The first-order chi connectivity index (χ1) is 8.15. The molecule has 0 spiro atoms. The molecule has 3 rings (SSSR count). The number of fused-ring (bicyclic) bond motifs is 1. The average Bonchev–Trinajstić information content (AvgIpc) is 3.07. The third kappa shape index (κ3) is 1.82. The van der Waals surface area contributed by atoms with Crippen molar-refractivity contribution in [2.24, 2.45) is 0 Å². The van der Waals surface area contributed by atoms with E-state index in [1.54, 1.807) is 29.5 Å². The van der Waals surface area contributed by atoms with Crippen molar-refractivity contribution in [3.63, 3.8) is 0 Å². The standard InChI is InChI=1S/C12H9NO3S/c14-10(12(15)16)7-3-4-9-8(5-7)13-11(17-9)6-1-2-6/h3-6H,1-2H2,(H,15,16). The van der Waals surface area contributed by atoms with Crippen LogP contribution in [0.15, 0.2) is 18.2 Å². The number of carboxylic acids is 1. The van der Waals surface area contributed by atoms with E-state index < -0.39 is 11.8 Å². The lowest BCUT2D eigenvalue weighted by molar-refractivity contribution is -0.131. The van der Waals surface area contributed by atoms with Crippen molar-refractivity contribution in [1.82, 2.24) is 4.98 Å². The number of aliphatic carboxylic acids is 1. The van der Waals surface area contributed by atoms with E-state index in [1.807, 2.05) is 0 Å². The Hall–Kier alpha value is -1.75. The zero-order valence-electron chi connectivity index (χ0n) is 8.84. The molecule has 1 aliphatic carbocycles. The summed E-state index contributed by atoms with van der Waals surface area (Å²) in [6.45, 7) is 0. The quantitative estimate of drug-likeness (QED) is 0.668. The zero-order valence-corrected chi connectivity index (χ0v) is 9.66. The lowest BCUT2D eigenvalue weighted by Crippen LogP contribution is -2.12. The number of rotatable bonds is 3. The van der Waals surface area contributed by atoms with Crippen LogP contribution in [-0.4, -0.2) is 21.8 Å². The van der Waals surface area contributed by atoms with Crippen LogP contribution in [-0.2, 0) is 4.79 Å². The number of carboxylic acid groups (broad SMARTS) is 1. The van der Waals surface area contributed by atoms with E-state index in [2.05, 4.69) is 4.98 Å². The topological polar surface area (TPSA) is 67.3 Å². The number of benzene rings is 1. The Labute approximate surface area is 101 Å². The molecular weight excluding hydrogens is 238 g/mol. The number of Topliss-reactive ketones (excluding diaryl/α,β-unsaturated/α-hetero) is 1. The van der Waals surface area contributed by atoms with E-state index in [0.29, 0.717) is 5.92 Å². The van der Waals surface area contributed by atoms with Crippen molar-refractivity contribution in [1.29, 1.82) is 0 Å². The van der Waals surface area contributed by atoms with Gasteiger partial charge in [0.05, 0.1) is 15.2 Å². The van der Waals surface area contributed by atoms with Crippen LogP contribution in [0.2, 0.25) is 0 Å². The predicted octanol–water partition coefficient (Wildman–Crippen LogP) is 2.44. The second-order valence-electron chi connectivity index (χ2n) is 4.14. The lowest BCUT2D eigenvalue weighted by atomic mass is 10.1. The van der Waals surface area contributed by atoms with Gasteiger partial charge in [0, 0.05) is 11.5 Å². The largest absolute Gasteiger partial charge is 0.475 e. The van der Waals surface area contributed by atoms with Crippen molar-refractivity contribution in [2.45, 2.75) is 18.8 Å².